The number of fused-ring (bicyclic) bond motifs is 3. The molecule has 2 aliphatic rings. The van der Waals surface area contributed by atoms with E-state index < -0.39 is 0 Å². The second-order valence-corrected chi connectivity index (χ2v) is 5.46. The molecular weight excluding hydrogens is 210 g/mol. The van der Waals surface area contributed by atoms with E-state index in [-0.39, 0.29) is 0 Å². The van der Waals surface area contributed by atoms with Gasteiger partial charge in [0.25, 0.3) is 0 Å². The second kappa shape index (κ2) is 3.86. The summed E-state index contributed by atoms with van der Waals surface area (Å²) in [7, 11) is 1.97. The summed E-state index contributed by atoms with van der Waals surface area (Å²) in [6.45, 7) is 2.16. The summed E-state index contributed by atoms with van der Waals surface area (Å²) in [6, 6.07) is 7.25. The van der Waals surface area contributed by atoms with Crippen molar-refractivity contribution in [2.24, 2.45) is 0 Å². The van der Waals surface area contributed by atoms with E-state index >= 15 is 0 Å². The maximum Gasteiger partial charge on any atom is 0.222 e. The maximum atomic E-state index is 11.7. The number of benzene rings is 1. The van der Waals surface area contributed by atoms with Crippen molar-refractivity contribution in [2.75, 3.05) is 7.05 Å². The number of likely N-dealkylation sites (N-methyl/N-ethyl adjacent to an activating group) is 1. The van der Waals surface area contributed by atoms with Gasteiger partial charge in [0, 0.05) is 25.4 Å². The molecule has 1 amide bonds. The first-order valence-corrected chi connectivity index (χ1v) is 6.52. The number of piperidine rings is 1. The van der Waals surface area contributed by atoms with E-state index in [4.69, 9.17) is 0 Å². The molecule has 0 bridgehead atoms. The Kier molecular flexibility index (Phi) is 2.46. The van der Waals surface area contributed by atoms with Gasteiger partial charge in [0.1, 0.15) is 0 Å². The summed E-state index contributed by atoms with van der Waals surface area (Å²) in [5, 5.41) is 0. The van der Waals surface area contributed by atoms with Crippen molar-refractivity contribution in [2.45, 2.75) is 44.6 Å². The van der Waals surface area contributed by atoms with Gasteiger partial charge < -0.3 is 4.90 Å². The van der Waals surface area contributed by atoms with E-state index in [1.165, 1.54) is 16.7 Å². The monoisotopic (exact) mass is 229 g/mol. The Morgan fingerprint density at radius 1 is 1.24 bits per heavy atom. The van der Waals surface area contributed by atoms with Crippen molar-refractivity contribution in [1.82, 2.24) is 4.90 Å². The van der Waals surface area contributed by atoms with Gasteiger partial charge in [-0.25, -0.2) is 0 Å². The highest BCUT2D eigenvalue weighted by molar-refractivity contribution is 5.77. The number of hydrogen-bond donors (Lipinski definition) is 0. The molecule has 0 unspecified atom stereocenters. The standard InChI is InChI=1S/C15H19NO/c1-10-3-5-12-11(9-10)4-7-14-13(12)6-8-15(17)16(14)2/h3,5,9,13-14H,4,6-8H2,1-2H3/t13-,14-/m0/s1. The number of amides is 1. The topological polar surface area (TPSA) is 20.3 Å². The van der Waals surface area contributed by atoms with Crippen LogP contribution in [0.1, 0.15) is 41.9 Å². The zero-order valence-corrected chi connectivity index (χ0v) is 10.6. The van der Waals surface area contributed by atoms with Gasteiger partial charge in [-0.2, -0.15) is 0 Å². The highest BCUT2D eigenvalue weighted by atomic mass is 16.2. The zero-order chi connectivity index (χ0) is 12.0. The van der Waals surface area contributed by atoms with Crippen molar-refractivity contribution in [3.63, 3.8) is 0 Å². The number of rotatable bonds is 0. The first-order chi connectivity index (χ1) is 8.16. The average Bonchev–Trinajstić information content (AvgIpc) is 2.33. The van der Waals surface area contributed by atoms with Crippen molar-refractivity contribution >= 4 is 5.91 Å². The largest absolute Gasteiger partial charge is 0.342 e. The highest BCUT2D eigenvalue weighted by Gasteiger charge is 2.37. The van der Waals surface area contributed by atoms with E-state index in [0.717, 1.165) is 19.3 Å². The molecule has 1 aliphatic carbocycles. The summed E-state index contributed by atoms with van der Waals surface area (Å²) < 4.78 is 0. The van der Waals surface area contributed by atoms with Gasteiger partial charge in [0.15, 0.2) is 0 Å². The summed E-state index contributed by atoms with van der Waals surface area (Å²) in [5.41, 5.74) is 4.35. The third kappa shape index (κ3) is 1.67. The summed E-state index contributed by atoms with van der Waals surface area (Å²) in [6.07, 6.45) is 3.99. The summed E-state index contributed by atoms with van der Waals surface area (Å²) in [4.78, 5) is 13.7. The number of carbonyl (C=O) groups excluding carboxylic acids is 1. The molecule has 1 aromatic rings. The van der Waals surface area contributed by atoms with Crippen LogP contribution in [0, 0.1) is 6.92 Å². The van der Waals surface area contributed by atoms with E-state index in [2.05, 4.69) is 25.1 Å². The van der Waals surface area contributed by atoms with E-state index in [0.29, 0.717) is 24.3 Å². The molecule has 0 saturated carbocycles. The van der Waals surface area contributed by atoms with Crippen LogP contribution in [0.15, 0.2) is 18.2 Å². The first-order valence-electron chi connectivity index (χ1n) is 6.52. The average molecular weight is 229 g/mol. The predicted octanol–water partition coefficient (Wildman–Crippen LogP) is 2.65. The molecule has 1 heterocycles. The fourth-order valence-corrected chi connectivity index (χ4v) is 3.48. The quantitative estimate of drug-likeness (QED) is 0.669. The lowest BCUT2D eigenvalue weighted by Crippen LogP contribution is -2.47. The molecule has 0 aromatic heterocycles. The maximum absolute atomic E-state index is 11.7. The van der Waals surface area contributed by atoms with Crippen molar-refractivity contribution in [3.05, 3.63) is 34.9 Å². The van der Waals surface area contributed by atoms with Crippen molar-refractivity contribution in [1.29, 1.82) is 0 Å². The normalized spacial score (nSPS) is 27.6. The van der Waals surface area contributed by atoms with Crippen LogP contribution in [0.25, 0.3) is 0 Å². The first kappa shape index (κ1) is 10.8. The molecular formula is C15H19NO. The number of aryl methyl sites for hydroxylation is 2. The Bertz CT molecular complexity index is 466. The van der Waals surface area contributed by atoms with Crippen LogP contribution >= 0.6 is 0 Å². The van der Waals surface area contributed by atoms with Crippen LogP contribution in [0.2, 0.25) is 0 Å². The number of carbonyl (C=O) groups is 1. The van der Waals surface area contributed by atoms with E-state index in [1.807, 2.05) is 11.9 Å². The third-order valence-electron chi connectivity index (χ3n) is 4.43. The van der Waals surface area contributed by atoms with Crippen LogP contribution in [-0.2, 0) is 11.2 Å². The van der Waals surface area contributed by atoms with Crippen LogP contribution in [0.5, 0.6) is 0 Å². The summed E-state index contributed by atoms with van der Waals surface area (Å²) >= 11 is 0. The SMILES string of the molecule is Cc1ccc2c(c1)CC[C@H]1[C@H]2CCC(=O)N1C. The molecule has 2 nitrogen and oxygen atoms in total. The lowest BCUT2D eigenvalue weighted by atomic mass is 9.74. The van der Waals surface area contributed by atoms with Gasteiger partial charge in [0.05, 0.1) is 0 Å². The molecule has 0 spiro atoms. The molecule has 0 N–H and O–H groups in total. The van der Waals surface area contributed by atoms with Gasteiger partial charge in [-0.3, -0.25) is 4.79 Å². The molecule has 1 saturated heterocycles. The molecule has 1 fully saturated rings. The van der Waals surface area contributed by atoms with Crippen LogP contribution in [0.4, 0.5) is 0 Å². The minimum Gasteiger partial charge on any atom is -0.342 e. The minimum absolute atomic E-state index is 0.321. The highest BCUT2D eigenvalue weighted by Crippen LogP contribution is 2.40. The lowest BCUT2D eigenvalue weighted by molar-refractivity contribution is -0.135. The Hall–Kier alpha value is -1.31. The van der Waals surface area contributed by atoms with Crippen molar-refractivity contribution < 1.29 is 4.79 Å². The van der Waals surface area contributed by atoms with Gasteiger partial charge in [-0.1, -0.05) is 23.8 Å². The van der Waals surface area contributed by atoms with Gasteiger partial charge in [0.2, 0.25) is 5.91 Å². The molecule has 1 aliphatic heterocycles. The Morgan fingerprint density at radius 3 is 2.88 bits per heavy atom. The smallest absolute Gasteiger partial charge is 0.222 e. The molecule has 2 heteroatoms. The van der Waals surface area contributed by atoms with E-state index in [9.17, 15) is 4.79 Å². The molecule has 2 atom stereocenters. The summed E-state index contributed by atoms with van der Waals surface area (Å²) in [5.74, 6) is 0.892. The number of hydrogen-bond acceptors (Lipinski definition) is 1. The van der Waals surface area contributed by atoms with Crippen molar-refractivity contribution in [3.8, 4) is 0 Å². The van der Waals surface area contributed by atoms with Crippen LogP contribution < -0.4 is 0 Å². The fourth-order valence-electron chi connectivity index (χ4n) is 3.48. The van der Waals surface area contributed by atoms with Gasteiger partial charge in [-0.15, -0.1) is 0 Å². The molecule has 0 radical (unpaired) electrons. The van der Waals surface area contributed by atoms with Gasteiger partial charge >= 0.3 is 0 Å². The predicted molar refractivity (Wildman–Crippen MR) is 68.0 cm³/mol. The molecule has 17 heavy (non-hydrogen) atoms. The fraction of sp³-hybridized carbons (Fsp3) is 0.533. The molecule has 3 rings (SSSR count). The molecule has 90 valence electrons. The Labute approximate surface area is 103 Å². The Morgan fingerprint density at radius 2 is 2.06 bits per heavy atom. The third-order valence-corrected chi connectivity index (χ3v) is 4.43. The van der Waals surface area contributed by atoms with E-state index in [1.54, 1.807) is 0 Å². The minimum atomic E-state index is 0.321. The number of nitrogens with zero attached hydrogens (tertiary/aromatic N) is 1. The molecule has 1 aromatic carbocycles. The number of likely N-dealkylation sites (tertiary alicyclic amines) is 1. The van der Waals surface area contributed by atoms with Gasteiger partial charge in [-0.05, 0) is 37.3 Å². The Balaban J connectivity index is 1.99. The zero-order valence-electron chi connectivity index (χ0n) is 10.6. The lowest BCUT2D eigenvalue weighted by Gasteiger charge is -2.43. The second-order valence-electron chi connectivity index (χ2n) is 5.46. The van der Waals surface area contributed by atoms with Crippen LogP contribution in [-0.4, -0.2) is 23.9 Å². The van der Waals surface area contributed by atoms with Crippen LogP contribution in [0.3, 0.4) is 0 Å².